The van der Waals surface area contributed by atoms with Gasteiger partial charge in [0.15, 0.2) is 5.82 Å². The van der Waals surface area contributed by atoms with Gasteiger partial charge in [-0.2, -0.15) is 4.98 Å². The zero-order valence-electron chi connectivity index (χ0n) is 8.24. The molecule has 1 N–H and O–H groups in total. The lowest BCUT2D eigenvalue weighted by Crippen LogP contribution is -1.87. The highest BCUT2D eigenvalue weighted by Gasteiger charge is 2.04. The minimum atomic E-state index is 0.651. The van der Waals surface area contributed by atoms with Crippen LogP contribution < -0.4 is 5.32 Å². The molecule has 1 aromatic carbocycles. The van der Waals surface area contributed by atoms with Crippen molar-refractivity contribution in [3.05, 3.63) is 36.1 Å². The van der Waals surface area contributed by atoms with Gasteiger partial charge in [0.1, 0.15) is 6.26 Å². The molecule has 0 atom stereocenters. The molecule has 0 saturated heterocycles. The van der Waals surface area contributed by atoms with Crippen LogP contribution in [0.15, 0.2) is 34.9 Å². The summed E-state index contributed by atoms with van der Waals surface area (Å²) < 4.78 is 5.32. The van der Waals surface area contributed by atoms with Gasteiger partial charge in [-0.05, 0) is 19.1 Å². The number of benzene rings is 1. The predicted octanol–water partition coefficient (Wildman–Crippen LogP) is 2.69. The van der Waals surface area contributed by atoms with E-state index in [0.717, 1.165) is 11.4 Å². The van der Waals surface area contributed by atoms with Crippen molar-refractivity contribution in [1.29, 1.82) is 0 Å². The van der Waals surface area contributed by atoms with Crippen LogP contribution in [0.5, 0.6) is 0 Å². The highest BCUT2D eigenvalue weighted by molar-refractivity contribution is 5.56. The van der Waals surface area contributed by atoms with Gasteiger partial charge in [0, 0.05) is 12.6 Å². The fourth-order valence-electron chi connectivity index (χ4n) is 1.30. The Kier molecular flexibility index (Phi) is 2.23. The lowest BCUT2D eigenvalue weighted by atomic mass is 10.1. The van der Waals surface area contributed by atoms with Crippen molar-refractivity contribution < 1.29 is 4.42 Å². The number of rotatable bonds is 2. The maximum absolute atomic E-state index is 5.32. The van der Waals surface area contributed by atoms with Crippen molar-refractivity contribution in [2.24, 2.45) is 0 Å². The van der Waals surface area contributed by atoms with Crippen LogP contribution in [0.2, 0.25) is 0 Å². The van der Waals surface area contributed by atoms with E-state index < -0.39 is 0 Å². The maximum Gasteiger partial charge on any atom is 0.227 e. The lowest BCUT2D eigenvalue weighted by molar-refractivity contribution is 0.575. The minimum absolute atomic E-state index is 0.651. The van der Waals surface area contributed by atoms with Crippen molar-refractivity contribution >= 4 is 5.82 Å². The third-order valence-corrected chi connectivity index (χ3v) is 2.03. The molecule has 3 nitrogen and oxygen atoms in total. The standard InChI is InChI=1S/C11H12N2O/c1-8-4-3-5-9(6-8)11-13-10(12-2)7-14-11/h3-7,12H,1-2H3. The van der Waals surface area contributed by atoms with Gasteiger partial charge in [0.2, 0.25) is 5.89 Å². The Morgan fingerprint density at radius 3 is 2.86 bits per heavy atom. The number of aryl methyl sites for hydroxylation is 1. The van der Waals surface area contributed by atoms with Crippen LogP contribution in [-0.2, 0) is 0 Å². The van der Waals surface area contributed by atoms with Crippen LogP contribution in [0.1, 0.15) is 5.56 Å². The van der Waals surface area contributed by atoms with Gasteiger partial charge in [-0.1, -0.05) is 17.7 Å². The molecule has 0 spiro atoms. The summed E-state index contributed by atoms with van der Waals surface area (Å²) in [6, 6.07) is 8.07. The summed E-state index contributed by atoms with van der Waals surface area (Å²) in [7, 11) is 1.82. The average Bonchev–Trinajstić information content (AvgIpc) is 2.66. The number of nitrogens with zero attached hydrogens (tertiary/aromatic N) is 1. The molecule has 0 aliphatic heterocycles. The van der Waals surface area contributed by atoms with Crippen LogP contribution in [-0.4, -0.2) is 12.0 Å². The van der Waals surface area contributed by atoms with Gasteiger partial charge in [-0.15, -0.1) is 0 Å². The van der Waals surface area contributed by atoms with Crippen LogP contribution in [0.4, 0.5) is 5.82 Å². The summed E-state index contributed by atoms with van der Waals surface area (Å²) in [6.45, 7) is 2.05. The number of oxazole rings is 1. The monoisotopic (exact) mass is 188 g/mol. The van der Waals surface area contributed by atoms with Gasteiger partial charge in [0.25, 0.3) is 0 Å². The van der Waals surface area contributed by atoms with Crippen molar-refractivity contribution in [1.82, 2.24) is 4.98 Å². The second kappa shape index (κ2) is 3.54. The minimum Gasteiger partial charge on any atom is -0.442 e. The average molecular weight is 188 g/mol. The molecule has 2 rings (SSSR count). The number of aromatic nitrogens is 1. The molecule has 1 aromatic heterocycles. The Balaban J connectivity index is 2.39. The zero-order chi connectivity index (χ0) is 9.97. The Morgan fingerprint density at radius 2 is 2.21 bits per heavy atom. The zero-order valence-corrected chi connectivity index (χ0v) is 8.24. The van der Waals surface area contributed by atoms with E-state index in [-0.39, 0.29) is 0 Å². The third kappa shape index (κ3) is 1.62. The number of hydrogen-bond donors (Lipinski definition) is 1. The molecule has 0 amide bonds. The van der Waals surface area contributed by atoms with E-state index in [2.05, 4.69) is 10.3 Å². The van der Waals surface area contributed by atoms with E-state index in [0.29, 0.717) is 5.89 Å². The Labute approximate surface area is 82.8 Å². The summed E-state index contributed by atoms with van der Waals surface area (Å²) in [5.74, 6) is 1.40. The van der Waals surface area contributed by atoms with Crippen LogP contribution in [0.3, 0.4) is 0 Å². The van der Waals surface area contributed by atoms with Gasteiger partial charge in [-0.25, -0.2) is 0 Å². The largest absolute Gasteiger partial charge is 0.442 e. The fourth-order valence-corrected chi connectivity index (χ4v) is 1.30. The van der Waals surface area contributed by atoms with Crippen LogP contribution in [0, 0.1) is 6.92 Å². The molecule has 2 aromatic rings. The molecule has 14 heavy (non-hydrogen) atoms. The molecule has 0 fully saturated rings. The highest BCUT2D eigenvalue weighted by Crippen LogP contribution is 2.20. The first-order valence-electron chi connectivity index (χ1n) is 4.50. The van der Waals surface area contributed by atoms with Crippen LogP contribution >= 0.6 is 0 Å². The lowest BCUT2D eigenvalue weighted by Gasteiger charge is -1.96. The number of nitrogens with one attached hydrogen (secondary N) is 1. The normalized spacial score (nSPS) is 10.1. The third-order valence-electron chi connectivity index (χ3n) is 2.03. The Morgan fingerprint density at radius 1 is 1.36 bits per heavy atom. The van der Waals surface area contributed by atoms with Gasteiger partial charge < -0.3 is 9.73 Å². The summed E-state index contributed by atoms with van der Waals surface area (Å²) in [5, 5.41) is 2.93. The molecule has 0 aliphatic carbocycles. The number of anilines is 1. The molecule has 3 heteroatoms. The topological polar surface area (TPSA) is 38.1 Å². The van der Waals surface area contributed by atoms with Crippen molar-refractivity contribution in [3.8, 4) is 11.5 Å². The first-order valence-corrected chi connectivity index (χ1v) is 4.50. The van der Waals surface area contributed by atoms with Crippen LogP contribution in [0.25, 0.3) is 11.5 Å². The molecular formula is C11H12N2O. The molecule has 0 bridgehead atoms. The summed E-state index contributed by atoms with van der Waals surface area (Å²) in [4.78, 5) is 4.26. The molecule has 0 unspecified atom stereocenters. The van der Waals surface area contributed by atoms with E-state index in [4.69, 9.17) is 4.42 Å². The first kappa shape index (κ1) is 8.81. The quantitative estimate of drug-likeness (QED) is 0.787. The summed E-state index contributed by atoms with van der Waals surface area (Å²) in [6.07, 6.45) is 1.61. The second-order valence-electron chi connectivity index (χ2n) is 3.16. The molecule has 0 aliphatic rings. The Bertz CT molecular complexity index is 434. The SMILES string of the molecule is CNc1coc(-c2cccc(C)c2)n1. The highest BCUT2D eigenvalue weighted by atomic mass is 16.3. The maximum atomic E-state index is 5.32. The van der Waals surface area contributed by atoms with Gasteiger partial charge >= 0.3 is 0 Å². The summed E-state index contributed by atoms with van der Waals surface area (Å²) >= 11 is 0. The number of hydrogen-bond acceptors (Lipinski definition) is 3. The van der Waals surface area contributed by atoms with Crippen molar-refractivity contribution in [3.63, 3.8) is 0 Å². The van der Waals surface area contributed by atoms with Gasteiger partial charge in [0.05, 0.1) is 0 Å². The van der Waals surface area contributed by atoms with E-state index in [1.54, 1.807) is 6.26 Å². The van der Waals surface area contributed by atoms with E-state index in [1.165, 1.54) is 5.56 Å². The molecular weight excluding hydrogens is 176 g/mol. The Hall–Kier alpha value is -1.77. The predicted molar refractivity (Wildman–Crippen MR) is 56.2 cm³/mol. The molecule has 72 valence electrons. The second-order valence-corrected chi connectivity index (χ2v) is 3.16. The summed E-state index contributed by atoms with van der Waals surface area (Å²) in [5.41, 5.74) is 2.21. The molecule has 0 saturated carbocycles. The smallest absolute Gasteiger partial charge is 0.227 e. The molecule has 0 radical (unpaired) electrons. The first-order chi connectivity index (χ1) is 6.79. The van der Waals surface area contributed by atoms with E-state index in [9.17, 15) is 0 Å². The van der Waals surface area contributed by atoms with E-state index in [1.807, 2.05) is 38.2 Å². The van der Waals surface area contributed by atoms with Gasteiger partial charge in [-0.3, -0.25) is 0 Å². The van der Waals surface area contributed by atoms with E-state index >= 15 is 0 Å². The van der Waals surface area contributed by atoms with Crippen molar-refractivity contribution in [2.45, 2.75) is 6.92 Å². The fraction of sp³-hybridized carbons (Fsp3) is 0.182. The molecule has 1 heterocycles. The van der Waals surface area contributed by atoms with Crippen molar-refractivity contribution in [2.75, 3.05) is 12.4 Å².